The van der Waals surface area contributed by atoms with Gasteiger partial charge < -0.3 is 4.90 Å². The van der Waals surface area contributed by atoms with Crippen LogP contribution in [0.25, 0.3) is 5.57 Å². The third-order valence-electron chi connectivity index (χ3n) is 4.38. The molecule has 0 spiro atoms. The van der Waals surface area contributed by atoms with Gasteiger partial charge in [0.15, 0.2) is 0 Å². The second-order valence-electron chi connectivity index (χ2n) is 6.14. The van der Waals surface area contributed by atoms with Crippen molar-refractivity contribution in [3.8, 4) is 0 Å². The monoisotopic (exact) mass is 345 g/mol. The zero-order chi connectivity index (χ0) is 18.2. The third-order valence-corrected chi connectivity index (χ3v) is 4.38. The second-order valence-corrected chi connectivity index (χ2v) is 6.14. The van der Waals surface area contributed by atoms with Crippen LogP contribution in [0.4, 0.5) is 18.9 Å². The molecule has 0 saturated carbocycles. The lowest BCUT2D eigenvalue weighted by molar-refractivity contribution is -0.137. The largest absolute Gasteiger partial charge is 0.416 e. The molecule has 0 aliphatic carbocycles. The molecule has 1 amide bonds. The number of anilines is 1. The Morgan fingerprint density at radius 3 is 2.44 bits per heavy atom. The van der Waals surface area contributed by atoms with E-state index in [-0.39, 0.29) is 11.6 Å². The standard InChI is InChI=1S/C20H18F3NO/c1-3-14-12-24(17-9-5-8-16(11-17)20(21,22)23)19(25)18(14)15-7-4-6-13(2)10-15/h4-11H,3,12H2,1-2H3. The van der Waals surface area contributed by atoms with Crippen molar-refractivity contribution in [3.05, 3.63) is 70.8 Å². The van der Waals surface area contributed by atoms with Gasteiger partial charge in [0.1, 0.15) is 0 Å². The van der Waals surface area contributed by atoms with Crippen LogP contribution in [0.15, 0.2) is 54.1 Å². The van der Waals surface area contributed by atoms with E-state index in [4.69, 9.17) is 0 Å². The van der Waals surface area contributed by atoms with Gasteiger partial charge in [-0.05, 0) is 42.7 Å². The fourth-order valence-corrected chi connectivity index (χ4v) is 3.10. The van der Waals surface area contributed by atoms with Crippen molar-refractivity contribution in [3.63, 3.8) is 0 Å². The van der Waals surface area contributed by atoms with E-state index in [2.05, 4.69) is 0 Å². The summed E-state index contributed by atoms with van der Waals surface area (Å²) >= 11 is 0. The number of rotatable bonds is 3. The number of benzene rings is 2. The van der Waals surface area contributed by atoms with E-state index in [0.717, 1.165) is 28.8 Å². The maximum absolute atomic E-state index is 13.0. The van der Waals surface area contributed by atoms with Crippen molar-refractivity contribution < 1.29 is 18.0 Å². The van der Waals surface area contributed by atoms with Gasteiger partial charge in [0.05, 0.1) is 5.56 Å². The molecule has 1 heterocycles. The van der Waals surface area contributed by atoms with Gasteiger partial charge in [-0.2, -0.15) is 13.2 Å². The van der Waals surface area contributed by atoms with Crippen LogP contribution in [0.2, 0.25) is 0 Å². The highest BCUT2D eigenvalue weighted by Crippen LogP contribution is 2.36. The molecule has 25 heavy (non-hydrogen) atoms. The molecule has 0 aromatic heterocycles. The Morgan fingerprint density at radius 1 is 1.08 bits per heavy atom. The minimum atomic E-state index is -4.43. The first-order valence-electron chi connectivity index (χ1n) is 8.09. The first-order chi connectivity index (χ1) is 11.8. The molecule has 0 atom stereocenters. The molecule has 130 valence electrons. The predicted molar refractivity (Wildman–Crippen MR) is 92.2 cm³/mol. The molecule has 0 fully saturated rings. The summed E-state index contributed by atoms with van der Waals surface area (Å²) in [6.45, 7) is 4.22. The van der Waals surface area contributed by atoms with Gasteiger partial charge in [-0.25, -0.2) is 0 Å². The molecule has 2 nitrogen and oxygen atoms in total. The van der Waals surface area contributed by atoms with E-state index in [0.29, 0.717) is 18.5 Å². The molecular formula is C20H18F3NO. The Hall–Kier alpha value is -2.56. The fraction of sp³-hybridized carbons (Fsp3) is 0.250. The van der Waals surface area contributed by atoms with Crippen molar-refractivity contribution in [2.24, 2.45) is 0 Å². The maximum Gasteiger partial charge on any atom is 0.416 e. The molecule has 2 aromatic carbocycles. The number of amides is 1. The Bertz CT molecular complexity index is 852. The quantitative estimate of drug-likeness (QED) is 0.746. The summed E-state index contributed by atoms with van der Waals surface area (Å²) in [6.07, 6.45) is -3.76. The molecule has 1 aliphatic rings. The van der Waals surface area contributed by atoms with Crippen LogP contribution in [0.5, 0.6) is 0 Å². The molecule has 2 aromatic rings. The highest BCUT2D eigenvalue weighted by atomic mass is 19.4. The smallest absolute Gasteiger partial charge is 0.304 e. The van der Waals surface area contributed by atoms with Crippen LogP contribution >= 0.6 is 0 Å². The third kappa shape index (κ3) is 3.31. The molecular weight excluding hydrogens is 327 g/mol. The first-order valence-corrected chi connectivity index (χ1v) is 8.09. The topological polar surface area (TPSA) is 20.3 Å². The summed E-state index contributed by atoms with van der Waals surface area (Å²) in [5.41, 5.74) is 2.91. The number of halogens is 3. The zero-order valence-electron chi connectivity index (χ0n) is 14.0. The molecule has 0 bridgehead atoms. The van der Waals surface area contributed by atoms with E-state index in [1.807, 2.05) is 38.1 Å². The lowest BCUT2D eigenvalue weighted by atomic mass is 9.99. The molecule has 0 unspecified atom stereocenters. The number of aryl methyl sites for hydroxylation is 1. The van der Waals surface area contributed by atoms with Crippen molar-refractivity contribution in [2.45, 2.75) is 26.4 Å². The number of carbonyl (C=O) groups excluding carboxylic acids is 1. The Kier molecular flexibility index (Phi) is 4.41. The molecule has 3 rings (SSSR count). The normalized spacial score (nSPS) is 15.2. The summed E-state index contributed by atoms with van der Waals surface area (Å²) in [5.74, 6) is -0.248. The Morgan fingerprint density at radius 2 is 1.80 bits per heavy atom. The van der Waals surface area contributed by atoms with Gasteiger partial charge in [0, 0.05) is 17.8 Å². The number of hydrogen-bond donors (Lipinski definition) is 0. The van der Waals surface area contributed by atoms with Gasteiger partial charge in [0.2, 0.25) is 0 Å². The Labute approximate surface area is 144 Å². The molecule has 5 heteroatoms. The van der Waals surface area contributed by atoms with Crippen LogP contribution in [-0.4, -0.2) is 12.5 Å². The molecule has 0 N–H and O–H groups in total. The summed E-state index contributed by atoms with van der Waals surface area (Å²) in [6, 6.07) is 12.5. The van der Waals surface area contributed by atoms with Gasteiger partial charge >= 0.3 is 6.18 Å². The summed E-state index contributed by atoms with van der Waals surface area (Å²) in [7, 11) is 0. The predicted octanol–water partition coefficient (Wildman–Crippen LogP) is 5.22. The van der Waals surface area contributed by atoms with Gasteiger partial charge in [-0.3, -0.25) is 4.79 Å². The van der Waals surface area contributed by atoms with E-state index in [1.54, 1.807) is 6.07 Å². The van der Waals surface area contributed by atoms with Crippen molar-refractivity contribution in [2.75, 3.05) is 11.4 Å². The van der Waals surface area contributed by atoms with E-state index in [9.17, 15) is 18.0 Å². The lowest BCUT2D eigenvalue weighted by Crippen LogP contribution is -2.27. The number of carbonyl (C=O) groups is 1. The summed E-state index contributed by atoms with van der Waals surface area (Å²) < 4.78 is 38.9. The van der Waals surface area contributed by atoms with E-state index < -0.39 is 11.7 Å². The molecule has 0 radical (unpaired) electrons. The lowest BCUT2D eigenvalue weighted by Gasteiger charge is -2.19. The number of hydrogen-bond acceptors (Lipinski definition) is 1. The summed E-state index contributed by atoms with van der Waals surface area (Å²) in [4.78, 5) is 14.4. The minimum absolute atomic E-state index is 0.248. The minimum Gasteiger partial charge on any atom is -0.304 e. The SMILES string of the molecule is CCC1=C(c2cccc(C)c2)C(=O)N(c2cccc(C(F)(F)F)c2)C1. The van der Waals surface area contributed by atoms with E-state index >= 15 is 0 Å². The second kappa shape index (κ2) is 6.39. The highest BCUT2D eigenvalue weighted by Gasteiger charge is 2.34. The van der Waals surface area contributed by atoms with Crippen LogP contribution in [0.3, 0.4) is 0 Å². The van der Waals surface area contributed by atoms with Crippen LogP contribution in [0.1, 0.15) is 30.0 Å². The van der Waals surface area contributed by atoms with Crippen molar-refractivity contribution >= 4 is 17.2 Å². The number of alkyl halides is 3. The number of nitrogens with zero attached hydrogens (tertiary/aromatic N) is 1. The van der Waals surface area contributed by atoms with Gasteiger partial charge in [0.25, 0.3) is 5.91 Å². The molecule has 1 aliphatic heterocycles. The van der Waals surface area contributed by atoms with Gasteiger partial charge in [-0.15, -0.1) is 0 Å². The average Bonchev–Trinajstić information content (AvgIpc) is 2.91. The first kappa shape index (κ1) is 17.3. The van der Waals surface area contributed by atoms with Gasteiger partial charge in [-0.1, -0.05) is 42.8 Å². The zero-order valence-corrected chi connectivity index (χ0v) is 14.0. The van der Waals surface area contributed by atoms with Crippen LogP contribution < -0.4 is 4.90 Å². The average molecular weight is 345 g/mol. The maximum atomic E-state index is 13.0. The highest BCUT2D eigenvalue weighted by molar-refractivity contribution is 6.29. The van der Waals surface area contributed by atoms with E-state index in [1.165, 1.54) is 11.0 Å². The van der Waals surface area contributed by atoms with Crippen LogP contribution in [0, 0.1) is 6.92 Å². The molecule has 0 saturated heterocycles. The van der Waals surface area contributed by atoms with Crippen LogP contribution in [-0.2, 0) is 11.0 Å². The van der Waals surface area contributed by atoms with Crippen molar-refractivity contribution in [1.82, 2.24) is 0 Å². The Balaban J connectivity index is 1.99. The van der Waals surface area contributed by atoms with Crippen molar-refractivity contribution in [1.29, 1.82) is 0 Å². The fourth-order valence-electron chi connectivity index (χ4n) is 3.10. The summed E-state index contributed by atoms with van der Waals surface area (Å²) in [5, 5.41) is 0.